The number of nitrogens with zero attached hydrogens (tertiary/aromatic N) is 3. The average molecular weight is 588 g/mol. The molecule has 214 valence electrons. The molecule has 4 heteroatoms. The first-order valence-electron chi connectivity index (χ1n) is 15.5. The van der Waals surface area contributed by atoms with Crippen molar-refractivity contribution < 1.29 is 4.42 Å². The topological polar surface area (TPSA) is 43.9 Å². The highest BCUT2D eigenvalue weighted by molar-refractivity contribution is 6.16. The zero-order chi connectivity index (χ0) is 30.2. The molecule has 0 saturated carbocycles. The second-order valence-corrected chi connectivity index (χ2v) is 11.8. The number of hydrogen-bond donors (Lipinski definition) is 0. The molecule has 0 atom stereocenters. The Morgan fingerprint density at radius 2 is 1.17 bits per heavy atom. The summed E-state index contributed by atoms with van der Waals surface area (Å²) < 4.78 is 8.93. The maximum Gasteiger partial charge on any atom is 0.161 e. The fourth-order valence-corrected chi connectivity index (χ4v) is 7.09. The number of para-hydroxylation sites is 3. The van der Waals surface area contributed by atoms with E-state index >= 15 is 0 Å². The van der Waals surface area contributed by atoms with Crippen LogP contribution in [0.5, 0.6) is 0 Å². The van der Waals surface area contributed by atoms with Gasteiger partial charge in [-0.3, -0.25) is 0 Å². The number of rotatable bonds is 3. The summed E-state index contributed by atoms with van der Waals surface area (Å²) in [7, 11) is 0. The van der Waals surface area contributed by atoms with E-state index in [2.05, 4.69) is 126 Å². The van der Waals surface area contributed by atoms with Crippen molar-refractivity contribution in [3.63, 3.8) is 0 Å². The van der Waals surface area contributed by atoms with Crippen LogP contribution in [0.15, 0.2) is 156 Å². The third kappa shape index (κ3) is 3.67. The predicted molar refractivity (Wildman–Crippen MR) is 190 cm³/mol. The molecular weight excluding hydrogens is 562 g/mol. The van der Waals surface area contributed by atoms with Gasteiger partial charge in [-0.25, -0.2) is 9.97 Å². The molecule has 0 aliphatic rings. The fraction of sp³-hybridized carbons (Fsp3) is 0. The summed E-state index contributed by atoms with van der Waals surface area (Å²) in [6.45, 7) is 0. The Hall–Kier alpha value is -6.26. The first kappa shape index (κ1) is 25.1. The smallest absolute Gasteiger partial charge is 0.161 e. The van der Waals surface area contributed by atoms with Gasteiger partial charge >= 0.3 is 0 Å². The van der Waals surface area contributed by atoms with Gasteiger partial charge in [-0.15, -0.1) is 0 Å². The van der Waals surface area contributed by atoms with Gasteiger partial charge in [-0.2, -0.15) is 0 Å². The van der Waals surface area contributed by atoms with Crippen LogP contribution >= 0.6 is 0 Å². The molecule has 10 rings (SSSR count). The Balaban J connectivity index is 1.34. The second kappa shape index (κ2) is 9.62. The zero-order valence-corrected chi connectivity index (χ0v) is 24.7. The summed E-state index contributed by atoms with van der Waals surface area (Å²) in [6.07, 6.45) is 0. The van der Waals surface area contributed by atoms with E-state index in [0.717, 1.165) is 66.4 Å². The molecule has 3 aromatic heterocycles. The van der Waals surface area contributed by atoms with E-state index in [1.54, 1.807) is 0 Å². The van der Waals surface area contributed by atoms with Gasteiger partial charge in [0.05, 0.1) is 27.9 Å². The van der Waals surface area contributed by atoms with Crippen molar-refractivity contribution in [1.82, 2.24) is 14.5 Å². The molecule has 0 bridgehead atoms. The van der Waals surface area contributed by atoms with Crippen LogP contribution in [0.3, 0.4) is 0 Å². The van der Waals surface area contributed by atoms with Gasteiger partial charge in [0, 0.05) is 44.1 Å². The van der Waals surface area contributed by atoms with Gasteiger partial charge in [-0.05, 0) is 47.2 Å². The molecule has 0 spiro atoms. The standard InChI is InChI=1S/C42H25N3O/c1-2-12-26(13-3-1)41-31-17-6-9-19-35(31)43-42(44-41)34-24-29(25-39-40(34)32-18-8-11-21-38(32)46-39)45-36-20-10-7-16-30(36)33-22-27-14-4-5-15-28(27)23-37(33)45/h1-25H. The van der Waals surface area contributed by atoms with Crippen molar-refractivity contribution in [3.8, 4) is 28.3 Å². The van der Waals surface area contributed by atoms with Crippen LogP contribution in [-0.2, 0) is 0 Å². The Morgan fingerprint density at radius 3 is 2.04 bits per heavy atom. The first-order valence-corrected chi connectivity index (χ1v) is 15.5. The zero-order valence-electron chi connectivity index (χ0n) is 24.7. The highest BCUT2D eigenvalue weighted by Crippen LogP contribution is 2.41. The molecule has 0 N–H and O–H groups in total. The Labute approximate surface area is 263 Å². The van der Waals surface area contributed by atoms with Gasteiger partial charge in [0.15, 0.2) is 5.82 Å². The van der Waals surface area contributed by atoms with Crippen LogP contribution in [-0.4, -0.2) is 14.5 Å². The van der Waals surface area contributed by atoms with Crippen molar-refractivity contribution >= 4 is 65.4 Å². The SMILES string of the molecule is c1ccc(-c2nc(-c3cc(-n4c5ccccc5c5cc6ccccc6cc54)cc4oc5ccccc5c34)nc3ccccc23)cc1. The summed E-state index contributed by atoms with van der Waals surface area (Å²) in [5.41, 5.74) is 8.74. The number of fused-ring (bicyclic) bond motifs is 8. The molecule has 46 heavy (non-hydrogen) atoms. The fourth-order valence-electron chi connectivity index (χ4n) is 7.09. The Kier molecular flexibility index (Phi) is 5.25. The number of furan rings is 1. The quantitative estimate of drug-likeness (QED) is 0.207. The van der Waals surface area contributed by atoms with Crippen LogP contribution in [0.4, 0.5) is 0 Å². The number of hydrogen-bond acceptors (Lipinski definition) is 3. The lowest BCUT2D eigenvalue weighted by molar-refractivity contribution is 0.668. The van der Waals surface area contributed by atoms with Crippen molar-refractivity contribution in [1.29, 1.82) is 0 Å². The molecule has 0 unspecified atom stereocenters. The molecule has 4 nitrogen and oxygen atoms in total. The minimum absolute atomic E-state index is 0.669. The summed E-state index contributed by atoms with van der Waals surface area (Å²) in [5, 5.41) is 7.94. The molecule has 0 fully saturated rings. The van der Waals surface area contributed by atoms with Gasteiger partial charge in [0.1, 0.15) is 11.2 Å². The molecule has 7 aromatic carbocycles. The van der Waals surface area contributed by atoms with E-state index in [0.29, 0.717) is 5.82 Å². The Bertz CT molecular complexity index is 2810. The average Bonchev–Trinajstić information content (AvgIpc) is 3.65. The highest BCUT2D eigenvalue weighted by Gasteiger charge is 2.21. The monoisotopic (exact) mass is 587 g/mol. The maximum absolute atomic E-state index is 6.58. The van der Waals surface area contributed by atoms with Crippen LogP contribution in [0.2, 0.25) is 0 Å². The lowest BCUT2D eigenvalue weighted by Crippen LogP contribution is -1.98. The third-order valence-electron chi connectivity index (χ3n) is 9.15. The van der Waals surface area contributed by atoms with E-state index < -0.39 is 0 Å². The molecule has 0 amide bonds. The van der Waals surface area contributed by atoms with Crippen LogP contribution < -0.4 is 0 Å². The van der Waals surface area contributed by atoms with Crippen molar-refractivity contribution in [2.75, 3.05) is 0 Å². The maximum atomic E-state index is 6.58. The number of aromatic nitrogens is 3. The van der Waals surface area contributed by atoms with Crippen LogP contribution in [0, 0.1) is 0 Å². The van der Waals surface area contributed by atoms with Gasteiger partial charge in [0.2, 0.25) is 0 Å². The molecular formula is C42H25N3O. The van der Waals surface area contributed by atoms with Gasteiger partial charge in [-0.1, -0.05) is 109 Å². The molecule has 10 aromatic rings. The number of benzene rings is 7. The van der Waals surface area contributed by atoms with Crippen LogP contribution in [0.1, 0.15) is 0 Å². The largest absolute Gasteiger partial charge is 0.456 e. The van der Waals surface area contributed by atoms with E-state index in [-0.39, 0.29) is 0 Å². The minimum Gasteiger partial charge on any atom is -0.456 e. The lowest BCUT2D eigenvalue weighted by atomic mass is 10.0. The Morgan fingerprint density at radius 1 is 0.478 bits per heavy atom. The molecule has 3 heterocycles. The van der Waals surface area contributed by atoms with Gasteiger partial charge in [0.25, 0.3) is 0 Å². The van der Waals surface area contributed by atoms with Crippen molar-refractivity contribution in [3.05, 3.63) is 152 Å². The molecule has 0 radical (unpaired) electrons. The third-order valence-corrected chi connectivity index (χ3v) is 9.15. The van der Waals surface area contributed by atoms with Gasteiger partial charge < -0.3 is 8.98 Å². The van der Waals surface area contributed by atoms with Crippen molar-refractivity contribution in [2.45, 2.75) is 0 Å². The second-order valence-electron chi connectivity index (χ2n) is 11.8. The van der Waals surface area contributed by atoms with E-state index in [1.165, 1.54) is 21.5 Å². The minimum atomic E-state index is 0.669. The van der Waals surface area contributed by atoms with Crippen LogP contribution in [0.25, 0.3) is 93.8 Å². The van der Waals surface area contributed by atoms with E-state index in [9.17, 15) is 0 Å². The lowest BCUT2D eigenvalue weighted by Gasteiger charge is -2.13. The normalized spacial score (nSPS) is 11.9. The van der Waals surface area contributed by atoms with E-state index in [4.69, 9.17) is 14.4 Å². The summed E-state index contributed by atoms with van der Waals surface area (Å²) >= 11 is 0. The first-order chi connectivity index (χ1) is 22.8. The molecule has 0 aliphatic carbocycles. The van der Waals surface area contributed by atoms with E-state index in [1.807, 2.05) is 30.3 Å². The summed E-state index contributed by atoms with van der Waals surface area (Å²) in [5.74, 6) is 0.669. The predicted octanol–water partition coefficient (Wildman–Crippen LogP) is 11.1. The van der Waals surface area contributed by atoms with Crippen molar-refractivity contribution in [2.24, 2.45) is 0 Å². The highest BCUT2D eigenvalue weighted by atomic mass is 16.3. The molecule has 0 saturated heterocycles. The molecule has 0 aliphatic heterocycles. The summed E-state index contributed by atoms with van der Waals surface area (Å²) in [4.78, 5) is 10.5. The summed E-state index contributed by atoms with van der Waals surface area (Å²) in [6, 6.07) is 53.1.